The van der Waals surface area contributed by atoms with E-state index in [0.29, 0.717) is 6.54 Å². The lowest BCUT2D eigenvalue weighted by Gasteiger charge is -2.22. The van der Waals surface area contributed by atoms with Gasteiger partial charge in [0.25, 0.3) is 0 Å². The molecule has 0 aromatic carbocycles. The monoisotopic (exact) mass is 181 g/mol. The average Bonchev–Trinajstić information content (AvgIpc) is 2.17. The van der Waals surface area contributed by atoms with Crippen LogP contribution >= 0.6 is 0 Å². The Kier molecular flexibility index (Phi) is 3.33. The quantitative estimate of drug-likeness (QED) is 0.703. The van der Waals surface area contributed by atoms with Crippen molar-refractivity contribution in [3.8, 4) is 0 Å². The van der Waals surface area contributed by atoms with Gasteiger partial charge >= 0.3 is 0 Å². The van der Waals surface area contributed by atoms with E-state index >= 15 is 0 Å². The van der Waals surface area contributed by atoms with E-state index in [1.807, 2.05) is 13.8 Å². The SMILES string of the molecule is CC(C)(CO)NCc1ncccn1. The molecule has 2 N–H and O–H groups in total. The summed E-state index contributed by atoms with van der Waals surface area (Å²) in [5.74, 6) is 0.740. The number of rotatable bonds is 4. The zero-order chi connectivity index (χ0) is 9.73. The molecule has 0 spiro atoms. The molecular formula is C9H15N3O. The number of nitrogens with one attached hydrogen (secondary N) is 1. The fourth-order valence-corrected chi connectivity index (χ4v) is 0.795. The van der Waals surface area contributed by atoms with Crippen LogP contribution in [0.3, 0.4) is 0 Å². The maximum absolute atomic E-state index is 8.97. The Morgan fingerprint density at radius 3 is 2.54 bits per heavy atom. The molecule has 1 aromatic rings. The van der Waals surface area contributed by atoms with Gasteiger partial charge in [-0.1, -0.05) is 0 Å². The van der Waals surface area contributed by atoms with Gasteiger partial charge in [-0.05, 0) is 19.9 Å². The largest absolute Gasteiger partial charge is 0.394 e. The van der Waals surface area contributed by atoms with E-state index in [-0.39, 0.29) is 12.1 Å². The van der Waals surface area contributed by atoms with Crippen molar-refractivity contribution in [3.63, 3.8) is 0 Å². The minimum atomic E-state index is -0.279. The number of nitrogens with zero attached hydrogens (tertiary/aromatic N) is 2. The minimum Gasteiger partial charge on any atom is -0.394 e. The van der Waals surface area contributed by atoms with Crippen molar-refractivity contribution in [3.05, 3.63) is 24.3 Å². The van der Waals surface area contributed by atoms with Crippen LogP contribution in [0.1, 0.15) is 19.7 Å². The molecule has 0 amide bonds. The number of hydrogen-bond acceptors (Lipinski definition) is 4. The highest BCUT2D eigenvalue weighted by molar-refractivity contribution is 4.89. The van der Waals surface area contributed by atoms with E-state index in [4.69, 9.17) is 5.11 Å². The van der Waals surface area contributed by atoms with Crippen molar-refractivity contribution in [1.82, 2.24) is 15.3 Å². The molecule has 72 valence electrons. The van der Waals surface area contributed by atoms with Crippen molar-refractivity contribution in [1.29, 1.82) is 0 Å². The molecule has 13 heavy (non-hydrogen) atoms. The van der Waals surface area contributed by atoms with E-state index in [1.165, 1.54) is 0 Å². The fourth-order valence-electron chi connectivity index (χ4n) is 0.795. The molecule has 0 bridgehead atoms. The normalized spacial score (nSPS) is 11.6. The third kappa shape index (κ3) is 3.48. The summed E-state index contributed by atoms with van der Waals surface area (Å²) in [6.07, 6.45) is 3.41. The zero-order valence-corrected chi connectivity index (χ0v) is 7.99. The Hall–Kier alpha value is -1.00. The maximum atomic E-state index is 8.97. The van der Waals surface area contributed by atoms with Gasteiger partial charge in [-0.3, -0.25) is 0 Å². The first-order chi connectivity index (χ1) is 6.14. The third-order valence-electron chi connectivity index (χ3n) is 1.74. The molecule has 0 aliphatic heterocycles. The van der Waals surface area contributed by atoms with Crippen LogP contribution in [0.25, 0.3) is 0 Å². The molecule has 0 saturated carbocycles. The summed E-state index contributed by atoms with van der Waals surface area (Å²) in [6, 6.07) is 1.78. The Morgan fingerprint density at radius 1 is 1.38 bits per heavy atom. The van der Waals surface area contributed by atoms with Crippen molar-refractivity contribution < 1.29 is 5.11 Å². The summed E-state index contributed by atoms with van der Waals surface area (Å²) in [4.78, 5) is 8.12. The van der Waals surface area contributed by atoms with Crippen molar-refractivity contribution in [2.24, 2.45) is 0 Å². The van der Waals surface area contributed by atoms with Gasteiger partial charge < -0.3 is 10.4 Å². The van der Waals surface area contributed by atoms with Gasteiger partial charge in [0.2, 0.25) is 0 Å². The summed E-state index contributed by atoms with van der Waals surface area (Å²) in [6.45, 7) is 4.53. The maximum Gasteiger partial charge on any atom is 0.141 e. The van der Waals surface area contributed by atoms with Gasteiger partial charge in [0.1, 0.15) is 5.82 Å². The standard InChI is InChI=1S/C9H15N3O/c1-9(2,7-13)12-6-8-10-4-3-5-11-8/h3-5,12-13H,6-7H2,1-2H3. The van der Waals surface area contributed by atoms with E-state index in [0.717, 1.165) is 5.82 Å². The molecule has 1 heterocycles. The van der Waals surface area contributed by atoms with Crippen LogP contribution < -0.4 is 5.32 Å². The number of aliphatic hydroxyl groups is 1. The van der Waals surface area contributed by atoms with Gasteiger partial charge in [0.15, 0.2) is 0 Å². The first-order valence-electron chi connectivity index (χ1n) is 4.26. The van der Waals surface area contributed by atoms with Crippen LogP contribution in [0.5, 0.6) is 0 Å². The molecular weight excluding hydrogens is 166 g/mol. The molecule has 0 fully saturated rings. The molecule has 0 radical (unpaired) electrons. The molecule has 4 nitrogen and oxygen atoms in total. The van der Waals surface area contributed by atoms with E-state index < -0.39 is 0 Å². The van der Waals surface area contributed by atoms with Gasteiger partial charge in [0, 0.05) is 17.9 Å². The Balaban J connectivity index is 2.44. The minimum absolute atomic E-state index is 0.0971. The summed E-state index contributed by atoms with van der Waals surface area (Å²) in [7, 11) is 0. The predicted octanol–water partition coefficient (Wildman–Crippen LogP) is 0.337. The smallest absolute Gasteiger partial charge is 0.141 e. The summed E-state index contributed by atoms with van der Waals surface area (Å²) >= 11 is 0. The van der Waals surface area contributed by atoms with Crippen LogP contribution in [0, 0.1) is 0 Å². The van der Waals surface area contributed by atoms with E-state index in [2.05, 4.69) is 15.3 Å². The van der Waals surface area contributed by atoms with Crippen LogP contribution in [0.2, 0.25) is 0 Å². The lowest BCUT2D eigenvalue weighted by atomic mass is 10.1. The predicted molar refractivity (Wildman–Crippen MR) is 50.0 cm³/mol. The molecule has 0 aliphatic carbocycles. The van der Waals surface area contributed by atoms with Gasteiger partial charge in [-0.25, -0.2) is 9.97 Å². The summed E-state index contributed by atoms with van der Waals surface area (Å²) < 4.78 is 0. The first kappa shape index (κ1) is 10.1. The molecule has 0 unspecified atom stereocenters. The van der Waals surface area contributed by atoms with E-state index in [1.54, 1.807) is 18.5 Å². The third-order valence-corrected chi connectivity index (χ3v) is 1.74. The molecule has 0 aliphatic rings. The first-order valence-corrected chi connectivity index (χ1v) is 4.26. The Morgan fingerprint density at radius 2 is 2.00 bits per heavy atom. The number of aliphatic hydroxyl groups excluding tert-OH is 1. The van der Waals surface area contributed by atoms with Crippen LogP contribution in [-0.2, 0) is 6.54 Å². The van der Waals surface area contributed by atoms with Gasteiger partial charge in [-0.2, -0.15) is 0 Å². The lowest BCUT2D eigenvalue weighted by Crippen LogP contribution is -2.42. The van der Waals surface area contributed by atoms with E-state index in [9.17, 15) is 0 Å². The number of hydrogen-bond donors (Lipinski definition) is 2. The van der Waals surface area contributed by atoms with Crippen molar-refractivity contribution in [2.45, 2.75) is 25.9 Å². The second kappa shape index (κ2) is 4.30. The average molecular weight is 181 g/mol. The van der Waals surface area contributed by atoms with Crippen LogP contribution in [0.4, 0.5) is 0 Å². The van der Waals surface area contributed by atoms with Crippen molar-refractivity contribution >= 4 is 0 Å². The van der Waals surface area contributed by atoms with Crippen molar-refractivity contribution in [2.75, 3.05) is 6.61 Å². The molecule has 0 saturated heterocycles. The second-order valence-electron chi connectivity index (χ2n) is 3.56. The topological polar surface area (TPSA) is 58.0 Å². The van der Waals surface area contributed by atoms with Gasteiger partial charge in [0.05, 0.1) is 13.2 Å². The van der Waals surface area contributed by atoms with Crippen LogP contribution in [-0.4, -0.2) is 27.2 Å². The summed E-state index contributed by atoms with van der Waals surface area (Å²) in [5, 5.41) is 12.1. The Bertz CT molecular complexity index is 248. The molecule has 4 heteroatoms. The number of aromatic nitrogens is 2. The molecule has 1 aromatic heterocycles. The van der Waals surface area contributed by atoms with Crippen LogP contribution in [0.15, 0.2) is 18.5 Å². The fraction of sp³-hybridized carbons (Fsp3) is 0.556. The highest BCUT2D eigenvalue weighted by Crippen LogP contribution is 2.00. The lowest BCUT2D eigenvalue weighted by molar-refractivity contribution is 0.186. The highest BCUT2D eigenvalue weighted by Gasteiger charge is 2.14. The van der Waals surface area contributed by atoms with Gasteiger partial charge in [-0.15, -0.1) is 0 Å². The Labute approximate surface area is 78.0 Å². The zero-order valence-electron chi connectivity index (χ0n) is 7.99. The highest BCUT2D eigenvalue weighted by atomic mass is 16.3. The summed E-state index contributed by atoms with van der Waals surface area (Å²) in [5.41, 5.74) is -0.279. The second-order valence-corrected chi connectivity index (χ2v) is 3.56. The molecule has 0 atom stereocenters. The molecule has 1 rings (SSSR count).